The number of benzene rings is 2. The van der Waals surface area contributed by atoms with Gasteiger partial charge in [0.25, 0.3) is 0 Å². The van der Waals surface area contributed by atoms with Crippen LogP contribution < -0.4 is 14.8 Å². The minimum absolute atomic E-state index is 0.569. The van der Waals surface area contributed by atoms with E-state index in [1.54, 1.807) is 26.4 Å². The Morgan fingerprint density at radius 3 is 2.62 bits per heavy atom. The summed E-state index contributed by atoms with van der Waals surface area (Å²) in [6.45, 7) is 0.611. The minimum Gasteiger partial charge on any atom is -0.497 e. The van der Waals surface area contributed by atoms with Gasteiger partial charge >= 0.3 is 0 Å². The zero-order valence-corrected chi connectivity index (χ0v) is 13.4. The third-order valence-corrected chi connectivity index (χ3v) is 3.83. The Kier molecular flexibility index (Phi) is 5.07. The Morgan fingerprint density at radius 1 is 1.14 bits per heavy atom. The summed E-state index contributed by atoms with van der Waals surface area (Å²) in [7, 11) is 3.23. The molecule has 0 aromatic heterocycles. The van der Waals surface area contributed by atoms with E-state index in [9.17, 15) is 0 Å². The summed E-state index contributed by atoms with van der Waals surface area (Å²) in [5.74, 6) is 1.45. The van der Waals surface area contributed by atoms with Crippen molar-refractivity contribution in [3.05, 3.63) is 52.0 Å². The number of nitriles is 1. The number of ether oxygens (including phenoxy) is 2. The van der Waals surface area contributed by atoms with E-state index in [1.165, 1.54) is 0 Å². The van der Waals surface area contributed by atoms with Crippen LogP contribution in [0, 0.1) is 11.3 Å². The molecule has 0 aliphatic carbocycles. The summed E-state index contributed by atoms with van der Waals surface area (Å²) in [5.41, 5.74) is 2.48. The van der Waals surface area contributed by atoms with Crippen LogP contribution in [0.4, 0.5) is 5.69 Å². The molecule has 0 bridgehead atoms. The first kappa shape index (κ1) is 15.2. The van der Waals surface area contributed by atoms with Crippen LogP contribution in [-0.4, -0.2) is 14.2 Å². The molecule has 21 heavy (non-hydrogen) atoms. The van der Waals surface area contributed by atoms with Crippen LogP contribution in [0.25, 0.3) is 0 Å². The number of halogens is 1. The maximum absolute atomic E-state index is 8.90. The molecule has 0 aliphatic heterocycles. The average Bonchev–Trinajstić information content (AvgIpc) is 2.54. The van der Waals surface area contributed by atoms with Gasteiger partial charge < -0.3 is 14.8 Å². The van der Waals surface area contributed by atoms with Gasteiger partial charge in [0.2, 0.25) is 0 Å². The lowest BCUT2D eigenvalue weighted by molar-refractivity contribution is 0.414. The lowest BCUT2D eigenvalue weighted by Crippen LogP contribution is -2.02. The van der Waals surface area contributed by atoms with Gasteiger partial charge in [0.15, 0.2) is 0 Å². The highest BCUT2D eigenvalue weighted by atomic mass is 79.9. The molecular formula is C16H15BrN2O2. The highest BCUT2D eigenvalue weighted by Gasteiger charge is 2.06. The molecule has 2 aromatic rings. The molecule has 0 fully saturated rings. The first-order chi connectivity index (χ1) is 10.2. The fourth-order valence-corrected chi connectivity index (χ4v) is 2.30. The fourth-order valence-electron chi connectivity index (χ4n) is 1.91. The summed E-state index contributed by atoms with van der Waals surface area (Å²) in [4.78, 5) is 0. The summed E-state index contributed by atoms with van der Waals surface area (Å²) >= 11 is 3.52. The van der Waals surface area contributed by atoms with Gasteiger partial charge in [0.05, 0.1) is 31.5 Å². The molecule has 0 atom stereocenters. The van der Waals surface area contributed by atoms with Gasteiger partial charge in [-0.15, -0.1) is 0 Å². The van der Waals surface area contributed by atoms with Crippen LogP contribution in [0.1, 0.15) is 11.1 Å². The van der Waals surface area contributed by atoms with Gasteiger partial charge in [0, 0.05) is 17.1 Å². The molecule has 2 rings (SSSR count). The van der Waals surface area contributed by atoms with E-state index in [4.69, 9.17) is 14.7 Å². The molecular weight excluding hydrogens is 332 g/mol. The van der Waals surface area contributed by atoms with Gasteiger partial charge in [-0.1, -0.05) is 15.9 Å². The van der Waals surface area contributed by atoms with Crippen molar-refractivity contribution in [3.8, 4) is 17.6 Å². The van der Waals surface area contributed by atoms with Crippen LogP contribution in [0.3, 0.4) is 0 Å². The SMILES string of the molecule is COc1ccc(Br)c(CNc2ccc(C#N)cc2OC)c1. The first-order valence-electron chi connectivity index (χ1n) is 6.32. The van der Waals surface area contributed by atoms with Crippen molar-refractivity contribution in [3.63, 3.8) is 0 Å². The Bertz CT molecular complexity index is 680. The fraction of sp³-hybridized carbons (Fsp3) is 0.188. The van der Waals surface area contributed by atoms with Crippen molar-refractivity contribution in [2.24, 2.45) is 0 Å². The van der Waals surface area contributed by atoms with Crippen LogP contribution in [0.5, 0.6) is 11.5 Å². The molecule has 0 saturated carbocycles. The highest BCUT2D eigenvalue weighted by molar-refractivity contribution is 9.10. The maximum Gasteiger partial charge on any atom is 0.143 e. The predicted octanol–water partition coefficient (Wildman–Crippen LogP) is 3.95. The van der Waals surface area contributed by atoms with E-state index in [1.807, 2.05) is 24.3 Å². The van der Waals surface area contributed by atoms with Crippen molar-refractivity contribution in [2.45, 2.75) is 6.54 Å². The van der Waals surface area contributed by atoms with Gasteiger partial charge in [0.1, 0.15) is 11.5 Å². The van der Waals surface area contributed by atoms with Crippen LogP contribution in [-0.2, 0) is 6.54 Å². The predicted molar refractivity (Wildman–Crippen MR) is 85.7 cm³/mol. The zero-order valence-electron chi connectivity index (χ0n) is 11.8. The molecule has 0 radical (unpaired) electrons. The lowest BCUT2D eigenvalue weighted by Gasteiger charge is -2.13. The highest BCUT2D eigenvalue weighted by Crippen LogP contribution is 2.28. The molecule has 5 heteroatoms. The van der Waals surface area contributed by atoms with Gasteiger partial charge in [-0.3, -0.25) is 0 Å². The van der Waals surface area contributed by atoms with E-state index < -0.39 is 0 Å². The van der Waals surface area contributed by atoms with Crippen LogP contribution in [0.15, 0.2) is 40.9 Å². The molecule has 2 aromatic carbocycles. The van der Waals surface area contributed by atoms with E-state index in [0.717, 1.165) is 21.5 Å². The van der Waals surface area contributed by atoms with E-state index in [2.05, 4.69) is 27.3 Å². The molecule has 1 N–H and O–H groups in total. The quantitative estimate of drug-likeness (QED) is 0.890. The molecule has 0 unspecified atom stereocenters. The van der Waals surface area contributed by atoms with Crippen molar-refractivity contribution >= 4 is 21.6 Å². The van der Waals surface area contributed by atoms with Crippen molar-refractivity contribution in [1.29, 1.82) is 5.26 Å². The Balaban J connectivity index is 2.18. The van der Waals surface area contributed by atoms with Crippen molar-refractivity contribution in [2.75, 3.05) is 19.5 Å². The molecule has 0 spiro atoms. The van der Waals surface area contributed by atoms with E-state index >= 15 is 0 Å². The third-order valence-electron chi connectivity index (χ3n) is 3.05. The summed E-state index contributed by atoms with van der Waals surface area (Å²) < 4.78 is 11.5. The maximum atomic E-state index is 8.90. The van der Waals surface area contributed by atoms with E-state index in [0.29, 0.717) is 17.9 Å². The van der Waals surface area contributed by atoms with Crippen molar-refractivity contribution in [1.82, 2.24) is 0 Å². The number of nitrogens with one attached hydrogen (secondary N) is 1. The number of methoxy groups -OCH3 is 2. The number of rotatable bonds is 5. The second-order valence-electron chi connectivity index (χ2n) is 4.34. The molecule has 108 valence electrons. The summed E-state index contributed by atoms with van der Waals surface area (Å²) in [6, 6.07) is 13.2. The molecule has 0 aliphatic rings. The first-order valence-corrected chi connectivity index (χ1v) is 7.11. The second-order valence-corrected chi connectivity index (χ2v) is 5.19. The van der Waals surface area contributed by atoms with Gasteiger partial charge in [-0.25, -0.2) is 0 Å². The normalized spacial score (nSPS) is 9.81. The number of hydrogen-bond acceptors (Lipinski definition) is 4. The summed E-state index contributed by atoms with van der Waals surface area (Å²) in [6.07, 6.45) is 0. The zero-order chi connectivity index (χ0) is 15.2. The molecule has 0 amide bonds. The van der Waals surface area contributed by atoms with Crippen molar-refractivity contribution < 1.29 is 9.47 Å². The van der Waals surface area contributed by atoms with E-state index in [-0.39, 0.29) is 0 Å². The molecule has 0 heterocycles. The number of anilines is 1. The smallest absolute Gasteiger partial charge is 0.143 e. The Hall–Kier alpha value is -2.19. The Morgan fingerprint density at radius 2 is 1.95 bits per heavy atom. The summed E-state index contributed by atoms with van der Waals surface area (Å²) in [5, 5.41) is 12.2. The van der Waals surface area contributed by atoms with Gasteiger partial charge in [-0.05, 0) is 35.9 Å². The van der Waals surface area contributed by atoms with Crippen LogP contribution in [0.2, 0.25) is 0 Å². The second kappa shape index (κ2) is 7.00. The third kappa shape index (κ3) is 3.67. The monoisotopic (exact) mass is 346 g/mol. The number of nitrogens with zero attached hydrogens (tertiary/aromatic N) is 1. The Labute approximate surface area is 132 Å². The average molecular weight is 347 g/mol. The molecule has 0 saturated heterocycles. The largest absolute Gasteiger partial charge is 0.497 e. The standard InChI is InChI=1S/C16H15BrN2O2/c1-20-13-4-5-14(17)12(8-13)10-19-15-6-3-11(9-18)7-16(15)21-2/h3-8,19H,10H2,1-2H3. The van der Waals surface area contributed by atoms with Gasteiger partial charge in [-0.2, -0.15) is 5.26 Å². The lowest BCUT2D eigenvalue weighted by atomic mass is 10.1. The number of hydrogen-bond donors (Lipinski definition) is 1. The van der Waals surface area contributed by atoms with Crippen LogP contribution >= 0.6 is 15.9 Å². The minimum atomic E-state index is 0.569. The topological polar surface area (TPSA) is 54.3 Å². The molecule has 4 nitrogen and oxygen atoms in total.